The van der Waals surface area contributed by atoms with Gasteiger partial charge in [-0.05, 0) is 19.8 Å². The summed E-state index contributed by atoms with van der Waals surface area (Å²) in [7, 11) is 0. The highest BCUT2D eigenvalue weighted by atomic mass is 16.4. The van der Waals surface area contributed by atoms with E-state index >= 15 is 0 Å². The summed E-state index contributed by atoms with van der Waals surface area (Å²) >= 11 is 0. The molecular weight excluding hydrogens is 194 g/mol. The van der Waals surface area contributed by atoms with Crippen molar-refractivity contribution in [3.05, 3.63) is 18.1 Å². The van der Waals surface area contributed by atoms with Gasteiger partial charge in [0.25, 0.3) is 0 Å². The molecule has 2 N–H and O–H groups in total. The van der Waals surface area contributed by atoms with Gasteiger partial charge < -0.3 is 10.4 Å². The summed E-state index contributed by atoms with van der Waals surface area (Å²) in [5.74, 6) is 0.247. The van der Waals surface area contributed by atoms with Gasteiger partial charge in [0, 0.05) is 17.7 Å². The lowest BCUT2D eigenvalue weighted by molar-refractivity contribution is -0.137. The van der Waals surface area contributed by atoms with E-state index in [-0.39, 0.29) is 0 Å². The topological polar surface area (TPSA) is 75.1 Å². The number of nitrogens with zero attached hydrogens (tertiary/aromatic N) is 2. The minimum absolute atomic E-state index is 0.550. The van der Waals surface area contributed by atoms with Crippen LogP contribution in [0.1, 0.15) is 31.4 Å². The van der Waals surface area contributed by atoms with Crippen molar-refractivity contribution >= 4 is 11.8 Å². The fourth-order valence-electron chi connectivity index (χ4n) is 1.34. The number of carbonyl (C=O) groups is 1. The summed E-state index contributed by atoms with van der Waals surface area (Å²) in [6, 6.07) is 1.20. The van der Waals surface area contributed by atoms with Crippen LogP contribution in [0.2, 0.25) is 0 Å². The van der Waals surface area contributed by atoms with Gasteiger partial charge >= 0.3 is 5.97 Å². The van der Waals surface area contributed by atoms with E-state index in [1.165, 1.54) is 19.2 Å². The lowest BCUT2D eigenvalue weighted by Crippen LogP contribution is -2.25. The summed E-state index contributed by atoms with van der Waals surface area (Å²) in [6.07, 6.45) is 3.82. The van der Waals surface area contributed by atoms with Crippen molar-refractivity contribution in [1.29, 1.82) is 0 Å². The SMILES string of the molecule is CC(Nc1cc(C2CC2)ncn1)C(=O)O. The average Bonchev–Trinajstić information content (AvgIpc) is 3.01. The van der Waals surface area contributed by atoms with Crippen LogP contribution in [0.3, 0.4) is 0 Å². The van der Waals surface area contributed by atoms with Crippen molar-refractivity contribution in [2.75, 3.05) is 5.32 Å². The number of hydrogen-bond acceptors (Lipinski definition) is 4. The molecule has 5 nitrogen and oxygen atoms in total. The third-order valence-electron chi connectivity index (χ3n) is 2.42. The molecule has 5 heteroatoms. The Bertz CT molecular complexity index is 377. The second-order valence-corrected chi connectivity index (χ2v) is 3.81. The van der Waals surface area contributed by atoms with Gasteiger partial charge in [-0.3, -0.25) is 4.79 Å². The van der Waals surface area contributed by atoms with Crippen molar-refractivity contribution in [2.24, 2.45) is 0 Å². The molecule has 0 radical (unpaired) electrons. The van der Waals surface area contributed by atoms with Gasteiger partial charge in [0.05, 0.1) is 0 Å². The Balaban J connectivity index is 2.07. The zero-order valence-corrected chi connectivity index (χ0v) is 8.47. The first kappa shape index (κ1) is 9.89. The number of anilines is 1. The minimum atomic E-state index is -0.887. The van der Waals surface area contributed by atoms with E-state index in [1.54, 1.807) is 6.92 Å². The molecule has 2 rings (SSSR count). The van der Waals surface area contributed by atoms with Gasteiger partial charge in [-0.1, -0.05) is 0 Å². The van der Waals surface area contributed by atoms with Crippen molar-refractivity contribution in [2.45, 2.75) is 31.7 Å². The van der Waals surface area contributed by atoms with E-state index in [9.17, 15) is 4.79 Å². The normalized spacial score (nSPS) is 17.1. The quantitative estimate of drug-likeness (QED) is 0.776. The smallest absolute Gasteiger partial charge is 0.325 e. The molecule has 0 aliphatic heterocycles. The summed E-state index contributed by atoms with van der Waals surface area (Å²) in [6.45, 7) is 1.58. The second-order valence-electron chi connectivity index (χ2n) is 3.81. The molecule has 15 heavy (non-hydrogen) atoms. The first-order valence-electron chi connectivity index (χ1n) is 4.98. The second kappa shape index (κ2) is 3.84. The van der Waals surface area contributed by atoms with Crippen molar-refractivity contribution in [3.8, 4) is 0 Å². The molecule has 0 bridgehead atoms. The van der Waals surface area contributed by atoms with Crippen molar-refractivity contribution < 1.29 is 9.90 Å². The van der Waals surface area contributed by atoms with E-state index in [1.807, 2.05) is 6.07 Å². The molecule has 1 aliphatic carbocycles. The van der Waals surface area contributed by atoms with Gasteiger partial charge in [0.1, 0.15) is 18.2 Å². The molecule has 1 saturated carbocycles. The van der Waals surface area contributed by atoms with E-state index in [0.717, 1.165) is 5.69 Å². The Morgan fingerprint density at radius 1 is 1.60 bits per heavy atom. The molecule has 1 aromatic rings. The molecule has 0 spiro atoms. The van der Waals surface area contributed by atoms with E-state index in [2.05, 4.69) is 15.3 Å². The molecule has 1 aromatic heterocycles. The molecule has 1 fully saturated rings. The van der Waals surface area contributed by atoms with Gasteiger partial charge in [0.2, 0.25) is 0 Å². The maximum absolute atomic E-state index is 10.6. The number of carboxylic acid groups (broad SMARTS) is 1. The van der Waals surface area contributed by atoms with Gasteiger partial charge in [-0.2, -0.15) is 0 Å². The zero-order valence-electron chi connectivity index (χ0n) is 8.47. The predicted octanol–water partition coefficient (Wildman–Crippen LogP) is 1.24. The number of aliphatic carboxylic acids is 1. The molecule has 80 valence electrons. The van der Waals surface area contributed by atoms with Crippen LogP contribution in [0.15, 0.2) is 12.4 Å². The van der Waals surface area contributed by atoms with Crippen LogP contribution in [0.25, 0.3) is 0 Å². The Morgan fingerprint density at radius 3 is 2.93 bits per heavy atom. The van der Waals surface area contributed by atoms with Crippen molar-refractivity contribution in [1.82, 2.24) is 9.97 Å². The molecular formula is C10H13N3O2. The molecule has 0 amide bonds. The average molecular weight is 207 g/mol. The molecule has 1 atom stereocenters. The molecule has 0 aromatic carbocycles. The van der Waals surface area contributed by atoms with Crippen LogP contribution >= 0.6 is 0 Å². The predicted molar refractivity (Wildman–Crippen MR) is 54.7 cm³/mol. The molecule has 1 heterocycles. The van der Waals surface area contributed by atoms with E-state index < -0.39 is 12.0 Å². The minimum Gasteiger partial charge on any atom is -0.480 e. The van der Waals surface area contributed by atoms with Crippen LogP contribution < -0.4 is 5.32 Å². The standard InChI is InChI=1S/C10H13N3O2/c1-6(10(14)15)13-9-4-8(7-2-3-7)11-5-12-9/h4-7H,2-3H2,1H3,(H,14,15)(H,11,12,13). The Labute approximate surface area is 87.6 Å². The lowest BCUT2D eigenvalue weighted by Gasteiger charge is -2.09. The lowest BCUT2D eigenvalue weighted by atomic mass is 10.2. The number of carboxylic acids is 1. The van der Waals surface area contributed by atoms with Crippen LogP contribution in [0.5, 0.6) is 0 Å². The Morgan fingerprint density at radius 2 is 2.33 bits per heavy atom. The molecule has 1 unspecified atom stereocenters. The summed E-state index contributed by atoms with van der Waals surface area (Å²) in [5, 5.41) is 11.5. The van der Waals surface area contributed by atoms with Gasteiger partial charge in [-0.15, -0.1) is 0 Å². The van der Waals surface area contributed by atoms with E-state index in [0.29, 0.717) is 11.7 Å². The Kier molecular flexibility index (Phi) is 2.53. The highest BCUT2D eigenvalue weighted by Gasteiger charge is 2.25. The Hall–Kier alpha value is -1.65. The zero-order chi connectivity index (χ0) is 10.8. The van der Waals surface area contributed by atoms with Crippen LogP contribution in [-0.2, 0) is 4.79 Å². The fourth-order valence-corrected chi connectivity index (χ4v) is 1.34. The maximum Gasteiger partial charge on any atom is 0.325 e. The van der Waals surface area contributed by atoms with Crippen molar-refractivity contribution in [3.63, 3.8) is 0 Å². The monoisotopic (exact) mass is 207 g/mol. The van der Waals surface area contributed by atoms with E-state index in [4.69, 9.17) is 5.11 Å². The van der Waals surface area contributed by atoms with Crippen LogP contribution in [-0.4, -0.2) is 27.1 Å². The van der Waals surface area contributed by atoms with Crippen LogP contribution in [0.4, 0.5) is 5.82 Å². The highest BCUT2D eigenvalue weighted by molar-refractivity contribution is 5.76. The molecule has 0 saturated heterocycles. The summed E-state index contributed by atoms with van der Waals surface area (Å²) < 4.78 is 0. The first-order chi connectivity index (χ1) is 7.16. The molecule has 1 aliphatic rings. The largest absolute Gasteiger partial charge is 0.480 e. The first-order valence-corrected chi connectivity index (χ1v) is 4.98. The number of aromatic nitrogens is 2. The highest BCUT2D eigenvalue weighted by Crippen LogP contribution is 2.39. The maximum atomic E-state index is 10.6. The van der Waals surface area contributed by atoms with Gasteiger partial charge in [-0.25, -0.2) is 9.97 Å². The summed E-state index contributed by atoms with van der Waals surface area (Å²) in [5.41, 5.74) is 1.00. The number of hydrogen-bond donors (Lipinski definition) is 2. The number of nitrogens with one attached hydrogen (secondary N) is 1. The van der Waals surface area contributed by atoms with Crippen LogP contribution in [0, 0.1) is 0 Å². The fraction of sp³-hybridized carbons (Fsp3) is 0.500. The third kappa shape index (κ3) is 2.43. The third-order valence-corrected chi connectivity index (χ3v) is 2.42. The summed E-state index contributed by atoms with van der Waals surface area (Å²) in [4.78, 5) is 18.8. The van der Waals surface area contributed by atoms with Gasteiger partial charge in [0.15, 0.2) is 0 Å². The number of rotatable bonds is 4.